The van der Waals surface area contributed by atoms with Crippen LogP contribution in [0.5, 0.6) is 0 Å². The zero-order valence-corrected chi connectivity index (χ0v) is 10.3. The number of fused-ring (bicyclic) bond motifs is 1. The lowest BCUT2D eigenvalue weighted by Crippen LogP contribution is -1.78. The van der Waals surface area contributed by atoms with Crippen LogP contribution < -0.4 is 0 Å². The van der Waals surface area contributed by atoms with Crippen molar-refractivity contribution in [2.45, 2.75) is 4.90 Å². The molecular weight excluding hydrogens is 238 g/mol. The van der Waals surface area contributed by atoms with Gasteiger partial charge in [-0.05, 0) is 18.4 Å². The second kappa shape index (κ2) is 3.92. The molecule has 16 heavy (non-hydrogen) atoms. The number of thioether (sulfide) groups is 1. The number of aromatic nitrogens is 3. The summed E-state index contributed by atoms with van der Waals surface area (Å²) >= 11 is 3.29. The van der Waals surface area contributed by atoms with Crippen LogP contribution in [0.25, 0.3) is 16.2 Å². The summed E-state index contributed by atoms with van der Waals surface area (Å²) in [5.41, 5.74) is 3.91. The van der Waals surface area contributed by atoms with E-state index in [2.05, 4.69) is 40.6 Å². The van der Waals surface area contributed by atoms with Crippen LogP contribution in [0.4, 0.5) is 0 Å². The van der Waals surface area contributed by atoms with E-state index in [4.69, 9.17) is 0 Å². The van der Waals surface area contributed by atoms with Crippen molar-refractivity contribution in [1.29, 1.82) is 0 Å². The molecule has 0 atom stereocenters. The average molecular weight is 247 g/mol. The van der Waals surface area contributed by atoms with Crippen molar-refractivity contribution in [3.63, 3.8) is 0 Å². The molecule has 0 aliphatic rings. The molecule has 0 aliphatic carbocycles. The zero-order valence-electron chi connectivity index (χ0n) is 8.62. The molecule has 2 heterocycles. The Balaban J connectivity index is 2.05. The molecule has 0 aliphatic heterocycles. The van der Waals surface area contributed by atoms with Crippen LogP contribution in [0, 0.1) is 0 Å². The van der Waals surface area contributed by atoms with E-state index in [-0.39, 0.29) is 0 Å². The topological polar surface area (TPSA) is 30.2 Å². The summed E-state index contributed by atoms with van der Waals surface area (Å²) in [6.45, 7) is 0. The molecule has 1 aromatic carbocycles. The fourth-order valence-corrected chi connectivity index (χ4v) is 2.55. The Morgan fingerprint density at radius 2 is 2.06 bits per heavy atom. The van der Waals surface area contributed by atoms with Crippen LogP contribution in [-0.2, 0) is 0 Å². The highest BCUT2D eigenvalue weighted by molar-refractivity contribution is 7.98. The van der Waals surface area contributed by atoms with Crippen molar-refractivity contribution in [2.75, 3.05) is 6.26 Å². The molecule has 0 saturated carbocycles. The molecule has 0 N–H and O–H groups in total. The van der Waals surface area contributed by atoms with Gasteiger partial charge < -0.3 is 0 Å². The van der Waals surface area contributed by atoms with Gasteiger partial charge in [0.15, 0.2) is 0 Å². The predicted octanol–water partition coefficient (Wildman–Crippen LogP) is 3.18. The average Bonchev–Trinajstić information content (AvgIpc) is 2.89. The van der Waals surface area contributed by atoms with Crippen molar-refractivity contribution in [3.05, 3.63) is 36.0 Å². The van der Waals surface area contributed by atoms with E-state index in [1.807, 2.05) is 10.7 Å². The summed E-state index contributed by atoms with van der Waals surface area (Å²) in [4.78, 5) is 6.71. The lowest BCUT2D eigenvalue weighted by atomic mass is 10.2. The Labute approximate surface area is 101 Å². The fourth-order valence-electron chi connectivity index (χ4n) is 1.54. The second-order valence-corrected chi connectivity index (χ2v) is 5.01. The Kier molecular flexibility index (Phi) is 2.41. The Hall–Kier alpha value is -1.33. The maximum Gasteiger partial charge on any atom is 0.212 e. The SMILES string of the molecule is CSc1ccc(-c2cn3ncsc3n2)cc1. The van der Waals surface area contributed by atoms with E-state index in [1.165, 1.54) is 4.90 Å². The molecule has 0 amide bonds. The first-order valence-electron chi connectivity index (χ1n) is 4.80. The number of nitrogens with zero attached hydrogens (tertiary/aromatic N) is 3. The van der Waals surface area contributed by atoms with Crippen molar-refractivity contribution < 1.29 is 0 Å². The van der Waals surface area contributed by atoms with Gasteiger partial charge in [0.25, 0.3) is 0 Å². The first kappa shape index (κ1) is 9.86. The first-order chi connectivity index (χ1) is 7.86. The number of hydrogen-bond donors (Lipinski definition) is 0. The Bertz CT molecular complexity index is 581. The van der Waals surface area contributed by atoms with Gasteiger partial charge in [-0.15, -0.1) is 11.8 Å². The molecular formula is C11H9N3S2. The number of hydrogen-bond acceptors (Lipinski definition) is 4. The van der Waals surface area contributed by atoms with E-state index < -0.39 is 0 Å². The van der Waals surface area contributed by atoms with Crippen molar-refractivity contribution in [3.8, 4) is 11.3 Å². The van der Waals surface area contributed by atoms with Crippen molar-refractivity contribution in [1.82, 2.24) is 14.6 Å². The van der Waals surface area contributed by atoms with Crippen LogP contribution in [0.1, 0.15) is 0 Å². The zero-order chi connectivity index (χ0) is 11.0. The maximum atomic E-state index is 4.51. The summed E-state index contributed by atoms with van der Waals surface area (Å²) in [6.07, 6.45) is 4.03. The Morgan fingerprint density at radius 1 is 1.25 bits per heavy atom. The van der Waals surface area contributed by atoms with E-state index in [0.717, 1.165) is 16.2 Å². The highest BCUT2D eigenvalue weighted by Crippen LogP contribution is 2.23. The molecule has 0 unspecified atom stereocenters. The molecule has 2 aromatic heterocycles. The quantitative estimate of drug-likeness (QED) is 0.651. The summed E-state index contributed by atoms with van der Waals surface area (Å²) in [5, 5.41) is 4.17. The van der Waals surface area contributed by atoms with Gasteiger partial charge in [0.05, 0.1) is 11.9 Å². The third-order valence-corrected chi connectivity index (χ3v) is 3.80. The van der Waals surface area contributed by atoms with Crippen LogP contribution >= 0.6 is 23.1 Å². The molecule has 5 heteroatoms. The molecule has 0 spiro atoms. The van der Waals surface area contributed by atoms with Gasteiger partial charge in [-0.25, -0.2) is 9.50 Å². The lowest BCUT2D eigenvalue weighted by Gasteiger charge is -1.98. The normalized spacial score (nSPS) is 11.1. The lowest BCUT2D eigenvalue weighted by molar-refractivity contribution is 0.974. The second-order valence-electron chi connectivity index (χ2n) is 3.32. The molecule has 3 rings (SSSR count). The fraction of sp³-hybridized carbons (Fsp3) is 0.0909. The monoisotopic (exact) mass is 247 g/mol. The van der Waals surface area contributed by atoms with Gasteiger partial charge in [0.2, 0.25) is 4.96 Å². The third kappa shape index (κ3) is 1.62. The Morgan fingerprint density at radius 3 is 2.75 bits per heavy atom. The molecule has 0 bridgehead atoms. The maximum absolute atomic E-state index is 4.51. The minimum atomic E-state index is 0.934. The molecule has 3 nitrogen and oxygen atoms in total. The molecule has 0 fully saturated rings. The third-order valence-electron chi connectivity index (χ3n) is 2.37. The van der Waals surface area contributed by atoms with E-state index in [0.29, 0.717) is 0 Å². The summed E-state index contributed by atoms with van der Waals surface area (Å²) in [7, 11) is 0. The van der Waals surface area contributed by atoms with Crippen molar-refractivity contribution >= 4 is 28.1 Å². The minimum Gasteiger partial charge on any atom is -0.217 e. The molecule has 80 valence electrons. The van der Waals surface area contributed by atoms with Gasteiger partial charge in [-0.3, -0.25) is 0 Å². The highest BCUT2D eigenvalue weighted by Gasteiger charge is 2.05. The van der Waals surface area contributed by atoms with E-state index in [9.17, 15) is 0 Å². The van der Waals surface area contributed by atoms with Crippen molar-refractivity contribution in [2.24, 2.45) is 0 Å². The van der Waals surface area contributed by atoms with E-state index in [1.54, 1.807) is 28.6 Å². The van der Waals surface area contributed by atoms with Gasteiger partial charge in [-0.2, -0.15) is 5.10 Å². The molecule has 3 aromatic rings. The van der Waals surface area contributed by atoms with Gasteiger partial charge in [-0.1, -0.05) is 23.5 Å². The minimum absolute atomic E-state index is 0.934. The van der Waals surface area contributed by atoms with Crippen LogP contribution in [0.3, 0.4) is 0 Å². The van der Waals surface area contributed by atoms with Crippen LogP contribution in [-0.4, -0.2) is 20.9 Å². The number of imidazole rings is 1. The first-order valence-corrected chi connectivity index (χ1v) is 6.90. The molecule has 0 saturated heterocycles. The molecule has 0 radical (unpaired) electrons. The van der Waals surface area contributed by atoms with E-state index >= 15 is 0 Å². The van der Waals surface area contributed by atoms with Crippen LogP contribution in [0.15, 0.2) is 40.9 Å². The smallest absolute Gasteiger partial charge is 0.212 e. The standard InChI is InChI=1S/C11H9N3S2/c1-15-9-4-2-8(3-5-9)10-6-14-11(13-10)16-7-12-14/h2-7H,1H3. The summed E-state index contributed by atoms with van der Waals surface area (Å²) in [6, 6.07) is 8.41. The largest absolute Gasteiger partial charge is 0.217 e. The summed E-state index contributed by atoms with van der Waals surface area (Å²) < 4.78 is 1.81. The number of benzene rings is 1. The van der Waals surface area contributed by atoms with Gasteiger partial charge in [0, 0.05) is 10.5 Å². The predicted molar refractivity (Wildman–Crippen MR) is 68.1 cm³/mol. The number of rotatable bonds is 2. The van der Waals surface area contributed by atoms with Gasteiger partial charge >= 0.3 is 0 Å². The van der Waals surface area contributed by atoms with Crippen LogP contribution in [0.2, 0.25) is 0 Å². The van der Waals surface area contributed by atoms with Gasteiger partial charge in [0.1, 0.15) is 5.51 Å². The highest BCUT2D eigenvalue weighted by atomic mass is 32.2. The summed E-state index contributed by atoms with van der Waals surface area (Å²) in [5.74, 6) is 0.